The number of aromatic nitrogens is 3. The molecule has 0 aromatic carbocycles. The predicted molar refractivity (Wildman–Crippen MR) is 83.3 cm³/mol. The van der Waals surface area contributed by atoms with Gasteiger partial charge in [-0.2, -0.15) is 0 Å². The number of hydrogen-bond acceptors (Lipinski definition) is 5. The van der Waals surface area contributed by atoms with Crippen molar-refractivity contribution in [1.82, 2.24) is 15.0 Å². The van der Waals surface area contributed by atoms with Crippen LogP contribution in [-0.4, -0.2) is 15.0 Å². The highest BCUT2D eigenvalue weighted by Crippen LogP contribution is 2.29. The molecular weight excluding hydrogens is 276 g/mol. The van der Waals surface area contributed by atoms with Gasteiger partial charge in [0.2, 0.25) is 0 Å². The Morgan fingerprint density at radius 2 is 2.00 bits per heavy atom. The summed E-state index contributed by atoms with van der Waals surface area (Å²) in [5.74, 6) is 2.58. The lowest BCUT2D eigenvalue weighted by molar-refractivity contribution is 0.517. The minimum absolute atomic E-state index is 0.631. The highest BCUT2D eigenvalue weighted by Gasteiger charge is 2.19. The van der Waals surface area contributed by atoms with Crippen molar-refractivity contribution in [3.8, 4) is 11.4 Å². The first-order valence-corrected chi connectivity index (χ1v) is 7.46. The standard InChI is InChI=1S/C17H16N4O/c1-4-14-15(5-1)20-16(12-6-8-18-9-7-12)21-17(14)19-11-13-3-2-10-22-13/h2-3,6-10H,1,4-5,11H2,(H,19,20,21). The van der Waals surface area contributed by atoms with Gasteiger partial charge in [-0.25, -0.2) is 9.97 Å². The van der Waals surface area contributed by atoms with E-state index in [4.69, 9.17) is 14.4 Å². The molecule has 5 heteroatoms. The molecule has 3 aromatic rings. The summed E-state index contributed by atoms with van der Waals surface area (Å²) in [5, 5.41) is 3.40. The maximum absolute atomic E-state index is 5.38. The third kappa shape index (κ3) is 2.45. The Balaban J connectivity index is 1.69. The summed E-state index contributed by atoms with van der Waals surface area (Å²) in [6.45, 7) is 0.631. The van der Waals surface area contributed by atoms with Crippen LogP contribution in [0.25, 0.3) is 11.4 Å². The Morgan fingerprint density at radius 1 is 1.09 bits per heavy atom. The Labute approximate surface area is 128 Å². The van der Waals surface area contributed by atoms with Crippen molar-refractivity contribution in [3.05, 3.63) is 59.9 Å². The van der Waals surface area contributed by atoms with Crippen LogP contribution in [0, 0.1) is 0 Å². The normalized spacial score (nSPS) is 13.1. The van der Waals surface area contributed by atoms with Crippen LogP contribution < -0.4 is 5.32 Å². The van der Waals surface area contributed by atoms with Crippen LogP contribution in [0.1, 0.15) is 23.4 Å². The Bertz CT molecular complexity index is 769. The average Bonchev–Trinajstić information content (AvgIpc) is 3.24. The van der Waals surface area contributed by atoms with Crippen molar-refractivity contribution >= 4 is 5.82 Å². The number of fused-ring (bicyclic) bond motifs is 1. The fraction of sp³-hybridized carbons (Fsp3) is 0.235. The molecule has 0 unspecified atom stereocenters. The van der Waals surface area contributed by atoms with Gasteiger partial charge in [-0.1, -0.05) is 0 Å². The molecule has 0 aliphatic heterocycles. The second kappa shape index (κ2) is 5.60. The zero-order valence-corrected chi connectivity index (χ0v) is 12.1. The quantitative estimate of drug-likeness (QED) is 0.799. The van der Waals surface area contributed by atoms with Gasteiger partial charge in [-0.15, -0.1) is 0 Å². The van der Waals surface area contributed by atoms with Crippen LogP contribution >= 0.6 is 0 Å². The summed E-state index contributed by atoms with van der Waals surface area (Å²) >= 11 is 0. The molecule has 0 saturated heterocycles. The number of pyridine rings is 1. The van der Waals surface area contributed by atoms with E-state index in [1.54, 1.807) is 18.7 Å². The second-order valence-corrected chi connectivity index (χ2v) is 5.34. The first-order valence-electron chi connectivity index (χ1n) is 7.46. The lowest BCUT2D eigenvalue weighted by Gasteiger charge is -2.11. The van der Waals surface area contributed by atoms with E-state index < -0.39 is 0 Å². The maximum Gasteiger partial charge on any atom is 0.161 e. The van der Waals surface area contributed by atoms with E-state index in [-0.39, 0.29) is 0 Å². The molecule has 1 N–H and O–H groups in total. The molecule has 0 saturated carbocycles. The fourth-order valence-corrected chi connectivity index (χ4v) is 2.79. The summed E-state index contributed by atoms with van der Waals surface area (Å²) in [7, 11) is 0. The third-order valence-electron chi connectivity index (χ3n) is 3.88. The predicted octanol–water partition coefficient (Wildman–Crippen LogP) is 3.23. The first-order chi connectivity index (χ1) is 10.9. The van der Waals surface area contributed by atoms with Gasteiger partial charge in [-0.05, 0) is 43.5 Å². The van der Waals surface area contributed by atoms with Crippen molar-refractivity contribution < 1.29 is 4.42 Å². The minimum atomic E-state index is 0.631. The van der Waals surface area contributed by atoms with Crippen molar-refractivity contribution in [2.24, 2.45) is 0 Å². The minimum Gasteiger partial charge on any atom is -0.467 e. The molecular formula is C17H16N4O. The summed E-state index contributed by atoms with van der Waals surface area (Å²) in [4.78, 5) is 13.5. The fourth-order valence-electron chi connectivity index (χ4n) is 2.79. The van der Waals surface area contributed by atoms with Crippen LogP contribution in [-0.2, 0) is 19.4 Å². The molecule has 0 bridgehead atoms. The van der Waals surface area contributed by atoms with Gasteiger partial charge in [0.1, 0.15) is 11.6 Å². The number of hydrogen-bond donors (Lipinski definition) is 1. The van der Waals surface area contributed by atoms with Gasteiger partial charge in [0.05, 0.1) is 12.8 Å². The zero-order chi connectivity index (χ0) is 14.8. The summed E-state index contributed by atoms with van der Waals surface area (Å²) in [6, 6.07) is 7.72. The molecule has 5 nitrogen and oxygen atoms in total. The average molecular weight is 292 g/mol. The topological polar surface area (TPSA) is 63.8 Å². The first kappa shape index (κ1) is 13.0. The molecule has 1 aliphatic rings. The SMILES string of the molecule is c1coc(CNc2nc(-c3ccncc3)nc3c2CCC3)c1. The van der Waals surface area contributed by atoms with E-state index in [0.717, 1.165) is 47.9 Å². The number of nitrogens with one attached hydrogen (secondary N) is 1. The maximum atomic E-state index is 5.38. The third-order valence-corrected chi connectivity index (χ3v) is 3.88. The van der Waals surface area contributed by atoms with Gasteiger partial charge < -0.3 is 9.73 Å². The van der Waals surface area contributed by atoms with Crippen LogP contribution in [0.15, 0.2) is 47.3 Å². The lowest BCUT2D eigenvalue weighted by Crippen LogP contribution is -2.07. The monoisotopic (exact) mass is 292 g/mol. The molecule has 0 radical (unpaired) electrons. The van der Waals surface area contributed by atoms with Gasteiger partial charge in [0.15, 0.2) is 5.82 Å². The molecule has 0 amide bonds. The van der Waals surface area contributed by atoms with Crippen LogP contribution in [0.2, 0.25) is 0 Å². The lowest BCUT2D eigenvalue weighted by atomic mass is 10.2. The van der Waals surface area contributed by atoms with Gasteiger partial charge in [0, 0.05) is 29.2 Å². The van der Waals surface area contributed by atoms with Crippen molar-refractivity contribution in [2.45, 2.75) is 25.8 Å². The molecule has 110 valence electrons. The van der Waals surface area contributed by atoms with E-state index in [9.17, 15) is 0 Å². The molecule has 1 aliphatic carbocycles. The van der Waals surface area contributed by atoms with Crippen LogP contribution in [0.4, 0.5) is 5.82 Å². The van der Waals surface area contributed by atoms with E-state index in [2.05, 4.69) is 10.3 Å². The molecule has 0 atom stereocenters. The number of rotatable bonds is 4. The van der Waals surface area contributed by atoms with Crippen LogP contribution in [0.3, 0.4) is 0 Å². The number of furan rings is 1. The summed E-state index contributed by atoms with van der Waals surface area (Å²) in [5.41, 5.74) is 3.39. The molecule has 3 heterocycles. The smallest absolute Gasteiger partial charge is 0.161 e. The summed E-state index contributed by atoms with van der Waals surface area (Å²) < 4.78 is 5.38. The van der Waals surface area contributed by atoms with E-state index in [1.807, 2.05) is 24.3 Å². The van der Waals surface area contributed by atoms with E-state index in [1.165, 1.54) is 5.56 Å². The summed E-state index contributed by atoms with van der Waals surface area (Å²) in [6.07, 6.45) is 8.41. The highest BCUT2D eigenvalue weighted by atomic mass is 16.3. The van der Waals surface area contributed by atoms with Gasteiger partial charge in [0.25, 0.3) is 0 Å². The van der Waals surface area contributed by atoms with Gasteiger partial charge >= 0.3 is 0 Å². The molecule has 3 aromatic heterocycles. The van der Waals surface area contributed by atoms with Crippen molar-refractivity contribution in [3.63, 3.8) is 0 Å². The number of aryl methyl sites for hydroxylation is 1. The highest BCUT2D eigenvalue weighted by molar-refractivity contribution is 5.60. The molecule has 22 heavy (non-hydrogen) atoms. The van der Waals surface area contributed by atoms with E-state index >= 15 is 0 Å². The Kier molecular flexibility index (Phi) is 3.31. The Hall–Kier alpha value is -2.69. The van der Waals surface area contributed by atoms with Gasteiger partial charge in [-0.3, -0.25) is 4.98 Å². The Morgan fingerprint density at radius 3 is 2.82 bits per heavy atom. The van der Waals surface area contributed by atoms with E-state index in [0.29, 0.717) is 6.54 Å². The second-order valence-electron chi connectivity index (χ2n) is 5.34. The molecule has 0 fully saturated rings. The zero-order valence-electron chi connectivity index (χ0n) is 12.1. The molecule has 0 spiro atoms. The number of nitrogens with zero attached hydrogens (tertiary/aromatic N) is 3. The number of anilines is 1. The molecule has 4 rings (SSSR count). The van der Waals surface area contributed by atoms with Crippen molar-refractivity contribution in [1.29, 1.82) is 0 Å². The largest absolute Gasteiger partial charge is 0.467 e. The van der Waals surface area contributed by atoms with Crippen molar-refractivity contribution in [2.75, 3.05) is 5.32 Å². The van der Waals surface area contributed by atoms with Crippen LogP contribution in [0.5, 0.6) is 0 Å².